The second-order valence-electron chi connectivity index (χ2n) is 3.35. The summed E-state index contributed by atoms with van der Waals surface area (Å²) in [4.78, 5) is 0. The van der Waals surface area contributed by atoms with Gasteiger partial charge in [-0.05, 0) is 12.8 Å². The molecule has 13 heavy (non-hydrogen) atoms. The molecule has 0 spiro atoms. The van der Waals surface area contributed by atoms with Crippen molar-refractivity contribution in [3.05, 3.63) is 25.3 Å². The van der Waals surface area contributed by atoms with Crippen LogP contribution in [0.25, 0.3) is 0 Å². The van der Waals surface area contributed by atoms with Crippen LogP contribution in [0.15, 0.2) is 25.3 Å². The van der Waals surface area contributed by atoms with E-state index in [1.807, 2.05) is 12.2 Å². The van der Waals surface area contributed by atoms with Gasteiger partial charge in [0.15, 0.2) is 0 Å². The highest BCUT2D eigenvalue weighted by Crippen LogP contribution is 2.28. The fraction of sp³-hybridized carbons (Fsp3) is 0.636. The maximum atomic E-state index is 5.19. The highest BCUT2D eigenvalue weighted by molar-refractivity contribution is 4.91. The first kappa shape index (κ1) is 12.4. The Bertz CT molecular complexity index is 134. The lowest BCUT2D eigenvalue weighted by molar-refractivity contribution is 0.0137. The molecular formula is C11H20O2. The average molecular weight is 184 g/mol. The quantitative estimate of drug-likeness (QED) is 0.539. The number of rotatable bonds is 8. The van der Waals surface area contributed by atoms with Crippen LogP contribution in [-0.4, -0.2) is 27.4 Å². The van der Waals surface area contributed by atoms with Gasteiger partial charge in [-0.2, -0.15) is 0 Å². The van der Waals surface area contributed by atoms with Crippen molar-refractivity contribution in [1.29, 1.82) is 0 Å². The zero-order valence-corrected chi connectivity index (χ0v) is 8.71. The zero-order valence-electron chi connectivity index (χ0n) is 8.71. The van der Waals surface area contributed by atoms with Crippen LogP contribution in [0.5, 0.6) is 0 Å². The van der Waals surface area contributed by atoms with Crippen molar-refractivity contribution in [3.63, 3.8) is 0 Å². The molecule has 0 atom stereocenters. The molecule has 2 nitrogen and oxygen atoms in total. The van der Waals surface area contributed by atoms with Gasteiger partial charge < -0.3 is 9.47 Å². The molecule has 0 aliphatic carbocycles. The van der Waals surface area contributed by atoms with Gasteiger partial charge >= 0.3 is 0 Å². The molecule has 0 saturated heterocycles. The monoisotopic (exact) mass is 184 g/mol. The lowest BCUT2D eigenvalue weighted by Crippen LogP contribution is -2.30. The largest absolute Gasteiger partial charge is 0.384 e. The Balaban J connectivity index is 4.35. The highest BCUT2D eigenvalue weighted by atomic mass is 16.5. The third-order valence-electron chi connectivity index (χ3n) is 2.06. The number of ether oxygens (including phenoxy) is 2. The first-order valence-electron chi connectivity index (χ1n) is 4.44. The predicted molar refractivity (Wildman–Crippen MR) is 55.8 cm³/mol. The molecule has 0 fully saturated rings. The Morgan fingerprint density at radius 2 is 1.38 bits per heavy atom. The van der Waals surface area contributed by atoms with E-state index in [-0.39, 0.29) is 5.41 Å². The van der Waals surface area contributed by atoms with Crippen molar-refractivity contribution in [2.24, 2.45) is 5.41 Å². The molecule has 0 aliphatic rings. The third kappa shape index (κ3) is 4.25. The van der Waals surface area contributed by atoms with Gasteiger partial charge in [0.1, 0.15) is 0 Å². The minimum absolute atomic E-state index is 0.0208. The summed E-state index contributed by atoms with van der Waals surface area (Å²) >= 11 is 0. The SMILES string of the molecule is C=CCC(CC=C)(COC)COC. The zero-order chi connectivity index (χ0) is 10.2. The molecule has 0 unspecified atom stereocenters. The molecule has 0 radical (unpaired) electrons. The summed E-state index contributed by atoms with van der Waals surface area (Å²) in [6.07, 6.45) is 5.59. The molecule has 0 bridgehead atoms. The molecule has 0 saturated carbocycles. The summed E-state index contributed by atoms with van der Waals surface area (Å²) < 4.78 is 10.4. The van der Waals surface area contributed by atoms with Gasteiger partial charge in [-0.25, -0.2) is 0 Å². The normalized spacial score (nSPS) is 11.2. The Kier molecular flexibility index (Phi) is 6.55. The number of hydrogen-bond acceptors (Lipinski definition) is 2. The van der Waals surface area contributed by atoms with Gasteiger partial charge in [-0.1, -0.05) is 12.2 Å². The van der Waals surface area contributed by atoms with Crippen molar-refractivity contribution in [3.8, 4) is 0 Å². The summed E-state index contributed by atoms with van der Waals surface area (Å²) in [7, 11) is 3.41. The van der Waals surface area contributed by atoms with Crippen molar-refractivity contribution < 1.29 is 9.47 Å². The molecule has 0 N–H and O–H groups in total. The lowest BCUT2D eigenvalue weighted by Gasteiger charge is -2.30. The fourth-order valence-electron chi connectivity index (χ4n) is 1.59. The summed E-state index contributed by atoms with van der Waals surface area (Å²) in [5.74, 6) is 0. The average Bonchev–Trinajstić information content (AvgIpc) is 2.06. The van der Waals surface area contributed by atoms with E-state index in [4.69, 9.17) is 9.47 Å². The van der Waals surface area contributed by atoms with Gasteiger partial charge in [0.2, 0.25) is 0 Å². The second-order valence-corrected chi connectivity index (χ2v) is 3.35. The lowest BCUT2D eigenvalue weighted by atomic mass is 9.83. The molecule has 0 aromatic heterocycles. The minimum Gasteiger partial charge on any atom is -0.384 e. The van der Waals surface area contributed by atoms with Crippen molar-refractivity contribution in [2.45, 2.75) is 12.8 Å². The molecule has 0 aromatic carbocycles. The van der Waals surface area contributed by atoms with Crippen LogP contribution in [0.4, 0.5) is 0 Å². The predicted octanol–water partition coefficient (Wildman–Crippen LogP) is 2.42. The Morgan fingerprint density at radius 3 is 1.62 bits per heavy atom. The topological polar surface area (TPSA) is 18.5 Å². The highest BCUT2D eigenvalue weighted by Gasteiger charge is 2.27. The number of methoxy groups -OCH3 is 2. The molecule has 0 amide bonds. The first-order chi connectivity index (χ1) is 6.24. The molecular weight excluding hydrogens is 164 g/mol. The van der Waals surface area contributed by atoms with Crippen LogP contribution < -0.4 is 0 Å². The van der Waals surface area contributed by atoms with E-state index < -0.39 is 0 Å². The van der Waals surface area contributed by atoms with Crippen molar-refractivity contribution in [2.75, 3.05) is 27.4 Å². The Morgan fingerprint density at radius 1 is 1.00 bits per heavy atom. The molecule has 0 heterocycles. The van der Waals surface area contributed by atoms with E-state index in [1.54, 1.807) is 14.2 Å². The molecule has 0 rings (SSSR count). The Hall–Kier alpha value is -0.600. The third-order valence-corrected chi connectivity index (χ3v) is 2.06. The second kappa shape index (κ2) is 6.87. The Labute approximate surface area is 81.2 Å². The van der Waals surface area contributed by atoms with Crippen LogP contribution >= 0.6 is 0 Å². The maximum absolute atomic E-state index is 5.19. The van der Waals surface area contributed by atoms with E-state index in [0.717, 1.165) is 12.8 Å². The number of hydrogen-bond donors (Lipinski definition) is 0. The van der Waals surface area contributed by atoms with Gasteiger partial charge in [-0.3, -0.25) is 0 Å². The van der Waals surface area contributed by atoms with E-state index in [2.05, 4.69) is 13.2 Å². The first-order valence-corrected chi connectivity index (χ1v) is 4.44. The summed E-state index contributed by atoms with van der Waals surface area (Å²) in [6, 6.07) is 0. The minimum atomic E-state index is 0.0208. The summed E-state index contributed by atoms with van der Waals surface area (Å²) in [5.41, 5.74) is 0.0208. The van der Waals surface area contributed by atoms with E-state index in [9.17, 15) is 0 Å². The van der Waals surface area contributed by atoms with Crippen LogP contribution in [0.2, 0.25) is 0 Å². The molecule has 2 heteroatoms. The molecule has 76 valence electrons. The number of allylic oxidation sites excluding steroid dienone is 2. The van der Waals surface area contributed by atoms with Gasteiger partial charge in [0.05, 0.1) is 13.2 Å². The van der Waals surface area contributed by atoms with Crippen LogP contribution in [0.1, 0.15) is 12.8 Å². The van der Waals surface area contributed by atoms with Crippen molar-refractivity contribution >= 4 is 0 Å². The summed E-state index contributed by atoms with van der Waals surface area (Å²) in [6.45, 7) is 8.85. The van der Waals surface area contributed by atoms with E-state index in [0.29, 0.717) is 13.2 Å². The van der Waals surface area contributed by atoms with Gasteiger partial charge in [0.25, 0.3) is 0 Å². The fourth-order valence-corrected chi connectivity index (χ4v) is 1.59. The van der Waals surface area contributed by atoms with Gasteiger partial charge in [0, 0.05) is 19.6 Å². The van der Waals surface area contributed by atoms with Crippen LogP contribution in [0, 0.1) is 5.41 Å². The standard InChI is InChI=1S/C11H20O2/c1-5-7-11(8-6-2,9-12-3)10-13-4/h5-6H,1-2,7-10H2,3-4H3. The smallest absolute Gasteiger partial charge is 0.0546 e. The van der Waals surface area contributed by atoms with E-state index >= 15 is 0 Å². The summed E-state index contributed by atoms with van der Waals surface area (Å²) in [5, 5.41) is 0. The molecule has 0 aromatic rings. The van der Waals surface area contributed by atoms with Crippen LogP contribution in [-0.2, 0) is 9.47 Å². The van der Waals surface area contributed by atoms with Crippen LogP contribution in [0.3, 0.4) is 0 Å². The molecule has 0 aliphatic heterocycles. The van der Waals surface area contributed by atoms with Crippen molar-refractivity contribution in [1.82, 2.24) is 0 Å². The van der Waals surface area contributed by atoms with Gasteiger partial charge in [-0.15, -0.1) is 13.2 Å². The van der Waals surface area contributed by atoms with E-state index in [1.165, 1.54) is 0 Å². The maximum Gasteiger partial charge on any atom is 0.0546 e.